The molecule has 0 heterocycles. The molecule has 0 aliphatic heterocycles. The summed E-state index contributed by atoms with van der Waals surface area (Å²) in [5.41, 5.74) is 14.0. The van der Waals surface area contributed by atoms with Crippen molar-refractivity contribution in [1.29, 1.82) is 0 Å². The van der Waals surface area contributed by atoms with Crippen molar-refractivity contribution in [3.8, 4) is 5.75 Å². The van der Waals surface area contributed by atoms with Crippen LogP contribution < -0.4 is 20.7 Å². The topological polar surface area (TPSA) is 67.6 Å². The molecular formula is C28H32ClN3O2. The Morgan fingerprint density at radius 2 is 1.74 bits per heavy atom. The minimum absolute atomic E-state index is 0.208. The quantitative estimate of drug-likeness (QED) is 0.368. The zero-order valence-corrected chi connectivity index (χ0v) is 20.8. The molecular weight excluding hydrogens is 446 g/mol. The van der Waals surface area contributed by atoms with Gasteiger partial charge < -0.3 is 15.8 Å². The van der Waals surface area contributed by atoms with Gasteiger partial charge in [-0.3, -0.25) is 4.90 Å². The van der Waals surface area contributed by atoms with E-state index in [0.717, 1.165) is 53.1 Å². The average Bonchev–Trinajstić information content (AvgIpc) is 3.31. The van der Waals surface area contributed by atoms with Gasteiger partial charge in [-0.1, -0.05) is 43.6 Å². The third kappa shape index (κ3) is 4.85. The number of rotatable bonds is 7. The summed E-state index contributed by atoms with van der Waals surface area (Å²) in [5.74, 6) is 0.784. The molecule has 3 aromatic carbocycles. The van der Waals surface area contributed by atoms with Gasteiger partial charge in [0.2, 0.25) is 0 Å². The second-order valence-corrected chi connectivity index (χ2v) is 9.06. The highest BCUT2D eigenvalue weighted by Crippen LogP contribution is 2.35. The van der Waals surface area contributed by atoms with Crippen molar-refractivity contribution >= 4 is 34.7 Å². The fourth-order valence-electron chi connectivity index (χ4n) is 4.73. The molecule has 1 aliphatic carbocycles. The summed E-state index contributed by atoms with van der Waals surface area (Å²) in [4.78, 5) is 15.6. The Morgan fingerprint density at radius 1 is 1.03 bits per heavy atom. The van der Waals surface area contributed by atoms with Crippen molar-refractivity contribution in [2.45, 2.75) is 52.5 Å². The van der Waals surface area contributed by atoms with E-state index in [1.54, 1.807) is 18.1 Å². The van der Waals surface area contributed by atoms with Gasteiger partial charge in [0.05, 0.1) is 19.3 Å². The molecule has 3 aromatic rings. The lowest BCUT2D eigenvalue weighted by molar-refractivity contribution is 0.256. The summed E-state index contributed by atoms with van der Waals surface area (Å²) < 4.78 is 5.29. The fourth-order valence-corrected chi connectivity index (χ4v) is 5.07. The number of nitrogens with zero attached hydrogens (tertiary/aromatic N) is 1. The van der Waals surface area contributed by atoms with E-state index in [1.807, 2.05) is 44.2 Å². The number of nitrogens with two attached hydrogens (primary N) is 1. The Balaban J connectivity index is 1.72. The minimum Gasteiger partial charge on any atom is -0.497 e. The molecule has 0 radical (unpaired) electrons. The molecule has 0 atom stereocenters. The average molecular weight is 478 g/mol. The summed E-state index contributed by atoms with van der Waals surface area (Å²) in [7, 11) is 1.65. The molecule has 5 nitrogen and oxygen atoms in total. The largest absolute Gasteiger partial charge is 0.497 e. The molecule has 0 aromatic heterocycles. The first-order chi connectivity index (χ1) is 16.4. The van der Waals surface area contributed by atoms with Gasteiger partial charge in [0.25, 0.3) is 0 Å². The molecule has 0 saturated heterocycles. The van der Waals surface area contributed by atoms with Crippen molar-refractivity contribution in [2.24, 2.45) is 0 Å². The summed E-state index contributed by atoms with van der Waals surface area (Å²) in [5, 5.41) is 3.75. The van der Waals surface area contributed by atoms with Gasteiger partial charge in [0, 0.05) is 16.4 Å². The lowest BCUT2D eigenvalue weighted by Crippen LogP contribution is -2.35. The summed E-state index contributed by atoms with van der Waals surface area (Å²) >= 11 is 6.51. The molecule has 34 heavy (non-hydrogen) atoms. The lowest BCUT2D eigenvalue weighted by atomic mass is 10.0. The number of hydrogen-bond donors (Lipinski definition) is 2. The van der Waals surface area contributed by atoms with E-state index in [1.165, 1.54) is 11.1 Å². The highest BCUT2D eigenvalue weighted by Gasteiger charge is 2.23. The number of carbonyl (C=O) groups excluding carboxylic acids is 1. The van der Waals surface area contributed by atoms with E-state index >= 15 is 0 Å². The van der Waals surface area contributed by atoms with Crippen molar-refractivity contribution < 1.29 is 9.53 Å². The highest BCUT2D eigenvalue weighted by atomic mass is 35.5. The third-order valence-corrected chi connectivity index (χ3v) is 6.94. The number of nitrogens with one attached hydrogen (secondary N) is 1. The van der Waals surface area contributed by atoms with Gasteiger partial charge in [-0.2, -0.15) is 0 Å². The number of aryl methyl sites for hydroxylation is 2. The van der Waals surface area contributed by atoms with Crippen LogP contribution in [-0.4, -0.2) is 13.1 Å². The first kappa shape index (κ1) is 24.0. The smallest absolute Gasteiger partial charge is 0.326 e. The van der Waals surface area contributed by atoms with Crippen molar-refractivity contribution in [2.75, 3.05) is 23.1 Å². The van der Waals surface area contributed by atoms with Gasteiger partial charge in [-0.15, -0.1) is 0 Å². The Kier molecular flexibility index (Phi) is 7.32. The zero-order valence-electron chi connectivity index (χ0n) is 20.1. The van der Waals surface area contributed by atoms with Crippen LogP contribution in [0.2, 0.25) is 5.02 Å². The number of ether oxygens (including phenoxy) is 1. The summed E-state index contributed by atoms with van der Waals surface area (Å²) in [6.45, 7) is 4.49. The Labute approximate surface area is 206 Å². The zero-order chi connectivity index (χ0) is 24.2. The summed E-state index contributed by atoms with van der Waals surface area (Å²) in [6.07, 6.45) is 4.70. The highest BCUT2D eigenvalue weighted by molar-refractivity contribution is 6.32. The summed E-state index contributed by atoms with van der Waals surface area (Å²) in [6, 6.07) is 15.7. The van der Waals surface area contributed by atoms with Crippen molar-refractivity contribution in [1.82, 2.24) is 0 Å². The van der Waals surface area contributed by atoms with E-state index in [9.17, 15) is 4.79 Å². The standard InChI is InChI=1S/C28H32ClN3O2/c1-4-23-25(29)16-26(30)24(5-2)27(23)31-28(33)32(17-18-9-13-22(34-3)14-10-18)21-12-11-19-7-6-8-20(19)15-21/h9-16H,4-8,17,30H2,1-3H3,(H,31,33). The Bertz CT molecular complexity index is 1160. The number of benzene rings is 3. The molecule has 3 N–H and O–H groups in total. The van der Waals surface area contributed by atoms with Crippen LogP contribution in [0.15, 0.2) is 48.5 Å². The van der Waals surface area contributed by atoms with Gasteiger partial charge in [0.1, 0.15) is 5.75 Å². The van der Waals surface area contributed by atoms with E-state index in [2.05, 4.69) is 17.4 Å². The van der Waals surface area contributed by atoms with Crippen LogP contribution in [0, 0.1) is 0 Å². The van der Waals surface area contributed by atoms with Crippen LogP contribution >= 0.6 is 11.6 Å². The molecule has 0 fully saturated rings. The predicted molar refractivity (Wildman–Crippen MR) is 141 cm³/mol. The number of nitrogen functional groups attached to an aromatic ring is 1. The third-order valence-electron chi connectivity index (χ3n) is 6.60. The SMILES string of the molecule is CCc1c(N)cc(Cl)c(CC)c1NC(=O)N(Cc1ccc(OC)cc1)c1ccc2c(c1)CCC2. The first-order valence-electron chi connectivity index (χ1n) is 11.9. The molecule has 0 spiro atoms. The molecule has 1 aliphatic rings. The number of urea groups is 1. The number of hydrogen-bond acceptors (Lipinski definition) is 3. The van der Waals surface area contributed by atoms with E-state index in [-0.39, 0.29) is 6.03 Å². The van der Waals surface area contributed by atoms with Crippen LogP contribution in [-0.2, 0) is 32.2 Å². The Morgan fingerprint density at radius 3 is 2.41 bits per heavy atom. The second-order valence-electron chi connectivity index (χ2n) is 8.66. The minimum atomic E-state index is -0.208. The van der Waals surface area contributed by atoms with E-state index in [0.29, 0.717) is 30.1 Å². The van der Waals surface area contributed by atoms with Gasteiger partial charge in [0.15, 0.2) is 0 Å². The first-order valence-corrected chi connectivity index (χ1v) is 12.3. The number of methoxy groups -OCH3 is 1. The van der Waals surface area contributed by atoms with Crippen molar-refractivity contribution in [3.63, 3.8) is 0 Å². The normalized spacial score (nSPS) is 12.4. The predicted octanol–water partition coefficient (Wildman–Crippen LogP) is 6.78. The van der Waals surface area contributed by atoms with Crippen LogP contribution in [0.25, 0.3) is 0 Å². The maximum absolute atomic E-state index is 13.8. The van der Waals surface area contributed by atoms with Gasteiger partial charge in [-0.05, 0) is 90.3 Å². The maximum atomic E-state index is 13.8. The van der Waals surface area contributed by atoms with Crippen LogP contribution in [0.1, 0.15) is 48.1 Å². The van der Waals surface area contributed by atoms with E-state index in [4.69, 9.17) is 22.1 Å². The molecule has 0 unspecified atom stereocenters. The van der Waals surface area contributed by atoms with E-state index < -0.39 is 0 Å². The Hall–Kier alpha value is -3.18. The lowest BCUT2D eigenvalue weighted by Gasteiger charge is -2.26. The molecule has 0 bridgehead atoms. The van der Waals surface area contributed by atoms with Crippen molar-refractivity contribution in [3.05, 3.63) is 81.4 Å². The number of amides is 2. The van der Waals surface area contributed by atoms with Gasteiger partial charge in [-0.25, -0.2) is 4.79 Å². The van der Waals surface area contributed by atoms with Crippen LogP contribution in [0.5, 0.6) is 5.75 Å². The molecule has 0 saturated carbocycles. The molecule has 178 valence electrons. The molecule has 6 heteroatoms. The monoisotopic (exact) mass is 477 g/mol. The number of anilines is 3. The number of fused-ring (bicyclic) bond motifs is 1. The fraction of sp³-hybridized carbons (Fsp3) is 0.321. The molecule has 2 amide bonds. The number of carbonyl (C=O) groups is 1. The molecule has 4 rings (SSSR count). The van der Waals surface area contributed by atoms with Crippen LogP contribution in [0.3, 0.4) is 0 Å². The van der Waals surface area contributed by atoms with Gasteiger partial charge >= 0.3 is 6.03 Å². The maximum Gasteiger partial charge on any atom is 0.326 e. The second kappa shape index (κ2) is 10.4. The number of halogens is 1. The van der Waals surface area contributed by atoms with Crippen LogP contribution in [0.4, 0.5) is 21.9 Å².